The first kappa shape index (κ1) is 84.9. The van der Waals surface area contributed by atoms with Crippen LogP contribution < -0.4 is 75.7 Å². The lowest BCUT2D eigenvalue weighted by Crippen LogP contribution is -2.61. The summed E-state index contributed by atoms with van der Waals surface area (Å²) in [6.07, 6.45) is 1.62. The molecule has 21 N–H and O–H groups in total. The summed E-state index contributed by atoms with van der Waals surface area (Å²) in [6, 6.07) is -0.477. The number of aromatic hydroxyl groups is 1. The summed E-state index contributed by atoms with van der Waals surface area (Å²) >= 11 is 0. The van der Waals surface area contributed by atoms with Gasteiger partial charge in [-0.3, -0.25) is 62.3 Å². The maximum atomic E-state index is 14.6. The van der Waals surface area contributed by atoms with E-state index in [1.807, 2.05) is 0 Å². The Hall–Kier alpha value is -9.34. The van der Waals surface area contributed by atoms with Crippen molar-refractivity contribution in [1.82, 2.24) is 63.4 Å². The fraction of sp³-hybridized carbons (Fsp3) is 0.612. The van der Waals surface area contributed by atoms with Gasteiger partial charge in [0.05, 0.1) is 26.1 Å². The number of phenolic OH excluding ortho intramolecular Hbond substituents is 1. The van der Waals surface area contributed by atoms with E-state index in [1.165, 1.54) is 31.2 Å². The molecule has 100 heavy (non-hydrogen) atoms. The number of amides is 12. The van der Waals surface area contributed by atoms with Crippen LogP contribution in [0.4, 0.5) is 0 Å². The molecule has 3 rings (SSSR count). The van der Waals surface area contributed by atoms with Crippen LogP contribution in [0.1, 0.15) is 137 Å². The monoisotopic (exact) mass is 1410 g/mol. The van der Waals surface area contributed by atoms with Gasteiger partial charge in [-0.25, -0.2) is 4.79 Å². The third-order valence-electron chi connectivity index (χ3n) is 17.0. The van der Waals surface area contributed by atoms with Gasteiger partial charge in [0.15, 0.2) is 0 Å². The smallest absolute Gasteiger partial charge is 0.326 e. The number of benzene rings is 2. The number of phenols is 1. The van der Waals surface area contributed by atoms with Crippen LogP contribution in [0.3, 0.4) is 0 Å². The zero-order valence-electron chi connectivity index (χ0n) is 58.1. The van der Waals surface area contributed by atoms with Crippen LogP contribution in [0.25, 0.3) is 0 Å². The van der Waals surface area contributed by atoms with E-state index >= 15 is 0 Å². The number of hydrogen-bond acceptors (Lipinski definition) is 19. The number of hydrogen-bond donors (Lipinski definition) is 18. The maximum absolute atomic E-state index is 14.6. The lowest BCUT2D eigenvalue weighted by Gasteiger charge is -2.30. The number of carboxylic acid groups (broad SMARTS) is 2. The third kappa shape index (κ3) is 29.2. The van der Waals surface area contributed by atoms with E-state index in [2.05, 4.69) is 58.5 Å². The first-order valence-electron chi connectivity index (χ1n) is 34.0. The molecule has 0 saturated carbocycles. The molecule has 0 unspecified atom stereocenters. The summed E-state index contributed by atoms with van der Waals surface area (Å²) in [6.45, 7) is 10.3. The fourth-order valence-corrected chi connectivity index (χ4v) is 10.8. The van der Waals surface area contributed by atoms with Crippen LogP contribution in [-0.4, -0.2) is 214 Å². The molecule has 2 aromatic rings. The van der Waals surface area contributed by atoms with Crippen molar-refractivity contribution in [1.29, 1.82) is 0 Å². The van der Waals surface area contributed by atoms with Crippen LogP contribution in [0, 0.1) is 17.8 Å². The van der Waals surface area contributed by atoms with E-state index < -0.39 is 187 Å². The number of carboxylic acids is 2. The van der Waals surface area contributed by atoms with Crippen molar-refractivity contribution in [2.24, 2.45) is 35.0 Å². The third-order valence-corrected chi connectivity index (χ3v) is 17.0. The molecule has 33 nitrogen and oxygen atoms in total. The molecule has 0 radical (unpaired) electrons. The largest absolute Gasteiger partial charge is 0.508 e. The minimum atomic E-state index is -1.80. The first-order chi connectivity index (χ1) is 47.4. The van der Waals surface area contributed by atoms with Crippen molar-refractivity contribution in [3.8, 4) is 5.75 Å². The number of nitrogens with zero attached hydrogens (tertiary/aromatic N) is 1. The predicted octanol–water partition coefficient (Wildman–Crippen LogP) is -2.94. The lowest BCUT2D eigenvalue weighted by atomic mass is 9.96. The fourth-order valence-electron chi connectivity index (χ4n) is 10.8. The first-order valence-corrected chi connectivity index (χ1v) is 34.0. The van der Waals surface area contributed by atoms with Gasteiger partial charge < -0.3 is 101 Å². The molecule has 1 fully saturated rings. The lowest BCUT2D eigenvalue weighted by molar-refractivity contribution is -0.148. The average Bonchev–Trinajstić information content (AvgIpc) is 1.62. The van der Waals surface area contributed by atoms with E-state index in [0.29, 0.717) is 56.1 Å². The Morgan fingerprint density at radius 1 is 0.530 bits per heavy atom. The number of aliphatic hydroxyl groups is 1. The van der Waals surface area contributed by atoms with Gasteiger partial charge in [-0.2, -0.15) is 0 Å². The second kappa shape index (κ2) is 43.9. The van der Waals surface area contributed by atoms with Crippen molar-refractivity contribution < 1.29 is 87.5 Å². The molecule has 1 aliphatic rings. The SMILES string of the molecule is CC[C@H](C)[C@H](NC(=O)[C@H](CCCCN)NC(=O)[C@H](Cc1ccccc1)NC(=O)[C@H](C)NC(=O)[C@H](CCCCN)NC(=O)CNC(=O)[C@@H](NC(=O)[C@@H](N)CO)[C@@H](C)CC)C(=O)N[C@@H](CC(C)C)C(=O)NCC(=O)N[C@@H](Cc1ccc(O)cc1)C(=O)N1CCC[C@H]1C(=O)N[C@@H](CC(=O)O)C(=O)O. The van der Waals surface area contributed by atoms with Crippen molar-refractivity contribution in [3.63, 3.8) is 0 Å². The molecular weight excluding hydrogens is 1300 g/mol. The number of rotatable bonds is 45. The van der Waals surface area contributed by atoms with Crippen LogP contribution >= 0.6 is 0 Å². The normalized spacial score (nSPS) is 16.3. The Morgan fingerprint density at radius 3 is 1.56 bits per heavy atom. The molecule has 1 aliphatic heterocycles. The molecular formula is C67H105N15O18. The average molecular weight is 1410 g/mol. The molecule has 2 aromatic carbocycles. The molecule has 1 saturated heterocycles. The van der Waals surface area contributed by atoms with Gasteiger partial charge in [0, 0.05) is 19.4 Å². The summed E-state index contributed by atoms with van der Waals surface area (Å²) in [5, 5.41) is 66.4. The summed E-state index contributed by atoms with van der Waals surface area (Å²) < 4.78 is 0. The highest BCUT2D eigenvalue weighted by Crippen LogP contribution is 2.22. The standard InChI is InChI=1S/C67H105N15O18/c1-8-38(5)55(80-58(90)44(70)36-83)64(96)72-35-52(85)74-45(20-13-15-27-68)60(92)73-40(7)57(89)77-48(31-41-18-11-10-12-19-41)62(94)76-46(21-14-16-28-69)61(93)81-56(39(6)9-2)65(97)78-47(30-37(3)4)59(91)71-34-53(86)75-49(32-42-23-25-43(84)26-24-42)66(98)82-29-17-22-51(82)63(95)79-50(67(99)100)33-54(87)88/h10-12,18-19,23-26,37-40,44-51,55-56,83-84H,8-9,13-17,20-22,27-36,68-70H2,1-7H3,(H,71,91)(H,72,96)(H,73,92)(H,74,85)(H,75,86)(H,76,94)(H,77,89)(H,78,97)(H,79,95)(H,80,90)(H,81,93)(H,87,88)(H,99,100)/t38-,39-,40-,44-,45-,46-,47-,48-,49-,50-,51-,55-,56-/m0/s1. The van der Waals surface area contributed by atoms with Crippen molar-refractivity contribution in [2.75, 3.05) is 39.3 Å². The van der Waals surface area contributed by atoms with Crippen LogP contribution in [0.15, 0.2) is 54.6 Å². The number of unbranched alkanes of at least 4 members (excludes halogenated alkanes) is 2. The highest BCUT2D eigenvalue weighted by Gasteiger charge is 2.41. The minimum absolute atomic E-state index is 0.00889. The number of carbonyl (C=O) groups is 14. The predicted molar refractivity (Wildman–Crippen MR) is 365 cm³/mol. The summed E-state index contributed by atoms with van der Waals surface area (Å²) in [7, 11) is 0. The van der Waals surface area contributed by atoms with Gasteiger partial charge in [-0.15, -0.1) is 0 Å². The van der Waals surface area contributed by atoms with Gasteiger partial charge in [0.2, 0.25) is 70.9 Å². The maximum Gasteiger partial charge on any atom is 0.326 e. The number of aliphatic hydroxyl groups excluding tert-OH is 1. The number of likely N-dealkylation sites (tertiary alicyclic amines) is 1. The van der Waals surface area contributed by atoms with Crippen LogP contribution in [0.2, 0.25) is 0 Å². The van der Waals surface area contributed by atoms with Gasteiger partial charge in [0.25, 0.3) is 0 Å². The number of nitrogens with two attached hydrogens (primary N) is 3. The quantitative estimate of drug-likeness (QED) is 0.0295. The van der Waals surface area contributed by atoms with Crippen molar-refractivity contribution in [2.45, 2.75) is 205 Å². The summed E-state index contributed by atoms with van der Waals surface area (Å²) in [5.41, 5.74) is 18.3. The zero-order chi connectivity index (χ0) is 74.8. The molecule has 12 amide bonds. The molecule has 556 valence electrons. The highest BCUT2D eigenvalue weighted by atomic mass is 16.4. The highest BCUT2D eigenvalue weighted by molar-refractivity contribution is 5.99. The molecule has 13 atom stereocenters. The Kier molecular flexibility index (Phi) is 37.3. The Morgan fingerprint density at radius 2 is 1.02 bits per heavy atom. The molecule has 1 heterocycles. The number of aliphatic carboxylic acids is 2. The minimum Gasteiger partial charge on any atom is -0.508 e. The molecule has 33 heteroatoms. The van der Waals surface area contributed by atoms with Crippen LogP contribution in [0.5, 0.6) is 5.75 Å². The van der Waals surface area contributed by atoms with Gasteiger partial charge in [-0.1, -0.05) is 96.8 Å². The summed E-state index contributed by atoms with van der Waals surface area (Å²) in [4.78, 5) is 191. The van der Waals surface area contributed by atoms with Gasteiger partial charge in [0.1, 0.15) is 72.2 Å². The van der Waals surface area contributed by atoms with Gasteiger partial charge in [-0.05, 0) is 119 Å². The molecule has 0 aliphatic carbocycles. The molecule has 0 spiro atoms. The van der Waals surface area contributed by atoms with Crippen LogP contribution in [-0.2, 0) is 80.0 Å². The second-order valence-corrected chi connectivity index (χ2v) is 25.6. The van der Waals surface area contributed by atoms with E-state index in [1.54, 1.807) is 71.9 Å². The number of nitrogens with one attached hydrogen (secondary N) is 11. The van der Waals surface area contributed by atoms with E-state index in [-0.39, 0.29) is 69.8 Å². The Balaban J connectivity index is 1.83. The van der Waals surface area contributed by atoms with E-state index in [9.17, 15) is 87.5 Å². The second-order valence-electron chi connectivity index (χ2n) is 25.6. The van der Waals surface area contributed by atoms with Crippen molar-refractivity contribution >= 4 is 82.8 Å². The molecule has 0 bridgehead atoms. The Labute approximate surface area is 582 Å². The topological polar surface area (TPSA) is 534 Å². The van der Waals surface area contributed by atoms with E-state index in [4.69, 9.17) is 17.2 Å². The summed E-state index contributed by atoms with van der Waals surface area (Å²) in [5.74, 6) is -14.1. The van der Waals surface area contributed by atoms with Crippen molar-refractivity contribution in [3.05, 3.63) is 65.7 Å². The number of carbonyl (C=O) groups excluding carboxylic acids is 12. The molecule has 0 aromatic heterocycles. The van der Waals surface area contributed by atoms with E-state index in [0.717, 1.165) is 4.90 Å². The Bertz CT molecular complexity index is 3070. The van der Waals surface area contributed by atoms with Gasteiger partial charge >= 0.3 is 11.9 Å². The zero-order valence-corrected chi connectivity index (χ0v) is 58.1.